The quantitative estimate of drug-likeness (QED) is 0.288. The van der Waals surface area contributed by atoms with E-state index in [1.165, 1.54) is 25.3 Å². The molecule has 0 bridgehead atoms. The summed E-state index contributed by atoms with van der Waals surface area (Å²) < 4.78 is 40.6. The van der Waals surface area contributed by atoms with E-state index in [0.717, 1.165) is 25.7 Å². The molecule has 2 N–H and O–H groups in total. The number of fused-ring (bicyclic) bond motifs is 1. The van der Waals surface area contributed by atoms with Gasteiger partial charge in [0.15, 0.2) is 5.43 Å². The molecule has 1 heterocycles. The van der Waals surface area contributed by atoms with Crippen LogP contribution in [-0.2, 0) is 28.2 Å². The van der Waals surface area contributed by atoms with Gasteiger partial charge >= 0.3 is 6.09 Å². The second-order valence-electron chi connectivity index (χ2n) is 10.6. The maximum Gasteiger partial charge on any atom is 0.411 e. The third-order valence-corrected chi connectivity index (χ3v) is 9.20. The van der Waals surface area contributed by atoms with Crippen LogP contribution >= 0.6 is 0 Å². The number of amides is 2. The Hall–Kier alpha value is -4.64. The Morgan fingerprint density at radius 3 is 2.47 bits per heavy atom. The Morgan fingerprint density at radius 1 is 1.00 bits per heavy atom. The normalized spacial score (nSPS) is 13.6. The van der Waals surface area contributed by atoms with Crippen molar-refractivity contribution in [1.29, 1.82) is 0 Å². The Morgan fingerprint density at radius 2 is 1.74 bits per heavy atom. The lowest BCUT2D eigenvalue weighted by molar-refractivity contribution is 0.0980. The molecule has 0 unspecified atom stereocenters. The number of hydrogen-bond acceptors (Lipinski definition) is 7. The number of ether oxygens (including phenoxy) is 2. The van der Waals surface area contributed by atoms with Crippen LogP contribution in [0.2, 0.25) is 0 Å². The van der Waals surface area contributed by atoms with E-state index >= 15 is 0 Å². The van der Waals surface area contributed by atoms with E-state index in [9.17, 15) is 22.8 Å². The maximum absolute atomic E-state index is 13.0. The van der Waals surface area contributed by atoms with Gasteiger partial charge in [0, 0.05) is 47.4 Å². The molecule has 3 aromatic carbocycles. The number of hydrogen-bond donors (Lipinski definition) is 2. The molecular weight excluding hydrogens is 570 g/mol. The third-order valence-electron chi connectivity index (χ3n) is 7.71. The van der Waals surface area contributed by atoms with E-state index in [0.29, 0.717) is 39.2 Å². The number of aryl methyl sites for hydroxylation is 2. The zero-order valence-electron chi connectivity index (χ0n) is 24.2. The lowest BCUT2D eigenvalue weighted by atomic mass is 10.0. The number of aromatic nitrogens is 1. The highest BCUT2D eigenvalue weighted by molar-refractivity contribution is 7.90. The summed E-state index contributed by atoms with van der Waals surface area (Å²) in [5, 5.41) is 3.26. The molecule has 2 amide bonds. The summed E-state index contributed by atoms with van der Waals surface area (Å²) in [5.74, 6) is -0.434. The zero-order chi connectivity index (χ0) is 30.7. The molecule has 0 radical (unpaired) electrons. The molecule has 43 heavy (non-hydrogen) atoms. The van der Waals surface area contributed by atoms with Crippen molar-refractivity contribution in [2.45, 2.75) is 50.0 Å². The predicted octanol–water partition coefficient (Wildman–Crippen LogP) is 5.06. The number of sulfonamides is 1. The van der Waals surface area contributed by atoms with Crippen molar-refractivity contribution >= 4 is 38.6 Å². The maximum atomic E-state index is 13.0. The van der Waals surface area contributed by atoms with Gasteiger partial charge in [0.2, 0.25) is 0 Å². The lowest BCUT2D eigenvalue weighted by Gasteiger charge is -2.16. The van der Waals surface area contributed by atoms with Crippen molar-refractivity contribution in [3.05, 3.63) is 99.3 Å². The number of rotatable bonds is 8. The van der Waals surface area contributed by atoms with Crippen LogP contribution in [0.5, 0.6) is 5.75 Å². The van der Waals surface area contributed by atoms with Gasteiger partial charge in [-0.25, -0.2) is 17.9 Å². The topological polar surface area (TPSA) is 133 Å². The molecule has 224 valence electrons. The first-order valence-electron chi connectivity index (χ1n) is 14.0. The Labute approximate surface area is 249 Å². The zero-order valence-corrected chi connectivity index (χ0v) is 25.0. The first-order valence-corrected chi connectivity index (χ1v) is 15.4. The molecule has 1 fully saturated rings. The number of carbonyl (C=O) groups is 2. The van der Waals surface area contributed by atoms with Crippen LogP contribution in [0.25, 0.3) is 10.9 Å². The highest BCUT2D eigenvalue weighted by atomic mass is 32.2. The van der Waals surface area contributed by atoms with Crippen molar-refractivity contribution < 1.29 is 27.5 Å². The fourth-order valence-electron chi connectivity index (χ4n) is 5.37. The summed E-state index contributed by atoms with van der Waals surface area (Å²) in [5.41, 5.74) is 2.92. The molecule has 1 aliphatic rings. The number of anilines is 1. The Balaban J connectivity index is 1.37. The SMILES string of the molecule is COc1cc(C(=O)NS(=O)(=O)c2ccccc2C)ccc1Cc1cc(=O)c2ccc(NC(=O)OC3CCCC3)cc2n1C. The second kappa shape index (κ2) is 12.3. The van der Waals surface area contributed by atoms with E-state index in [1.807, 2.05) is 11.6 Å². The summed E-state index contributed by atoms with van der Waals surface area (Å²) in [6, 6.07) is 17.7. The molecular formula is C32H33N3O7S. The molecule has 1 saturated carbocycles. The first kappa shape index (κ1) is 29.8. The van der Waals surface area contributed by atoms with Crippen molar-refractivity contribution in [2.75, 3.05) is 12.4 Å². The van der Waals surface area contributed by atoms with Gasteiger partial charge in [-0.2, -0.15) is 0 Å². The van der Waals surface area contributed by atoms with Crippen molar-refractivity contribution in [3.63, 3.8) is 0 Å². The van der Waals surface area contributed by atoms with Gasteiger partial charge in [0.25, 0.3) is 15.9 Å². The number of nitrogens with zero attached hydrogens (tertiary/aromatic N) is 1. The summed E-state index contributed by atoms with van der Waals surface area (Å²) in [7, 11) is -0.805. The number of carbonyl (C=O) groups excluding carboxylic acids is 2. The largest absolute Gasteiger partial charge is 0.496 e. The fourth-order valence-corrected chi connectivity index (χ4v) is 6.59. The van der Waals surface area contributed by atoms with E-state index < -0.39 is 22.0 Å². The lowest BCUT2D eigenvalue weighted by Crippen LogP contribution is -2.31. The summed E-state index contributed by atoms with van der Waals surface area (Å²) in [6.45, 7) is 1.65. The summed E-state index contributed by atoms with van der Waals surface area (Å²) in [6.07, 6.45) is 3.53. The molecule has 5 rings (SSSR count). The summed E-state index contributed by atoms with van der Waals surface area (Å²) in [4.78, 5) is 38.3. The van der Waals surface area contributed by atoms with Crippen LogP contribution in [0, 0.1) is 6.92 Å². The number of methoxy groups -OCH3 is 1. The molecule has 1 aliphatic carbocycles. The highest BCUT2D eigenvalue weighted by Gasteiger charge is 2.22. The Bertz CT molecular complexity index is 1880. The molecule has 0 aliphatic heterocycles. The molecule has 4 aromatic rings. The Kier molecular flexibility index (Phi) is 8.54. The van der Waals surface area contributed by atoms with Crippen LogP contribution in [0.3, 0.4) is 0 Å². The first-order chi connectivity index (χ1) is 20.6. The summed E-state index contributed by atoms with van der Waals surface area (Å²) >= 11 is 0. The van der Waals surface area contributed by atoms with E-state index in [-0.39, 0.29) is 28.4 Å². The van der Waals surface area contributed by atoms with Gasteiger partial charge in [-0.05, 0) is 74.6 Å². The van der Waals surface area contributed by atoms with Crippen LogP contribution in [-0.4, -0.2) is 38.2 Å². The van der Waals surface area contributed by atoms with Gasteiger partial charge in [-0.15, -0.1) is 0 Å². The van der Waals surface area contributed by atoms with E-state index in [1.54, 1.807) is 55.5 Å². The average molecular weight is 604 g/mol. The smallest absolute Gasteiger partial charge is 0.411 e. The number of nitrogens with one attached hydrogen (secondary N) is 2. The van der Waals surface area contributed by atoms with Crippen molar-refractivity contribution in [3.8, 4) is 5.75 Å². The minimum atomic E-state index is -4.08. The van der Waals surface area contributed by atoms with Gasteiger partial charge in [-0.3, -0.25) is 14.9 Å². The molecule has 10 nitrogen and oxygen atoms in total. The molecule has 11 heteroatoms. The fraction of sp³-hybridized carbons (Fsp3) is 0.281. The van der Waals surface area contributed by atoms with Gasteiger partial charge in [-0.1, -0.05) is 24.3 Å². The average Bonchev–Trinajstić information content (AvgIpc) is 3.48. The van der Waals surface area contributed by atoms with Gasteiger partial charge < -0.3 is 14.0 Å². The van der Waals surface area contributed by atoms with E-state index in [2.05, 4.69) is 10.0 Å². The van der Waals surface area contributed by atoms with Crippen LogP contribution in [0.15, 0.2) is 76.4 Å². The van der Waals surface area contributed by atoms with Crippen molar-refractivity contribution in [1.82, 2.24) is 9.29 Å². The standard InChI is InChI=1S/C32H33N3O7S/c1-20-8-4-7-11-30(20)43(39,40)34-31(37)22-13-12-21(29(17-22)41-3)16-24-19-28(36)26-15-14-23(18-27(26)35(24)2)33-32(38)42-25-9-5-6-10-25/h4,7-8,11-15,17-19,25H,5-6,9-10,16H2,1-3H3,(H,33,38)(H,34,37). The van der Waals surface area contributed by atoms with Crippen LogP contribution in [0.4, 0.5) is 10.5 Å². The van der Waals surface area contributed by atoms with Crippen LogP contribution < -0.4 is 20.2 Å². The predicted molar refractivity (Wildman–Crippen MR) is 163 cm³/mol. The number of benzene rings is 3. The van der Waals surface area contributed by atoms with Gasteiger partial charge in [0.1, 0.15) is 11.9 Å². The highest BCUT2D eigenvalue weighted by Crippen LogP contribution is 2.26. The minimum absolute atomic E-state index is 0.0215. The van der Waals surface area contributed by atoms with Gasteiger partial charge in [0.05, 0.1) is 17.5 Å². The minimum Gasteiger partial charge on any atom is -0.496 e. The molecule has 0 spiro atoms. The monoisotopic (exact) mass is 603 g/mol. The molecule has 0 saturated heterocycles. The van der Waals surface area contributed by atoms with E-state index in [4.69, 9.17) is 9.47 Å². The van der Waals surface area contributed by atoms with Crippen LogP contribution in [0.1, 0.15) is 52.9 Å². The molecule has 1 aromatic heterocycles. The second-order valence-corrected chi connectivity index (χ2v) is 12.3. The number of pyridine rings is 1. The van der Waals surface area contributed by atoms with Crippen molar-refractivity contribution in [2.24, 2.45) is 7.05 Å². The molecule has 0 atom stereocenters. The third kappa shape index (κ3) is 6.56.